The number of rotatable bonds is 4. The van der Waals surface area contributed by atoms with Gasteiger partial charge in [-0.15, -0.1) is 5.10 Å². The fourth-order valence-electron chi connectivity index (χ4n) is 1.72. The van der Waals surface area contributed by atoms with Crippen LogP contribution in [0.15, 0.2) is 24.3 Å². The zero-order chi connectivity index (χ0) is 12.3. The van der Waals surface area contributed by atoms with Gasteiger partial charge in [0.05, 0.1) is 17.9 Å². The highest BCUT2D eigenvalue weighted by molar-refractivity contribution is 5.32. The number of nitrogens with two attached hydrogens (primary N) is 1. The van der Waals surface area contributed by atoms with Gasteiger partial charge in [-0.25, -0.2) is 4.68 Å². The molecule has 1 aromatic heterocycles. The van der Waals surface area contributed by atoms with E-state index in [-0.39, 0.29) is 5.75 Å². The van der Waals surface area contributed by atoms with Crippen LogP contribution in [-0.4, -0.2) is 26.6 Å². The van der Waals surface area contributed by atoms with Crippen LogP contribution in [0.4, 0.5) is 0 Å². The van der Waals surface area contributed by atoms with Crippen LogP contribution in [0.5, 0.6) is 5.75 Å². The van der Waals surface area contributed by atoms with Gasteiger partial charge in [-0.1, -0.05) is 23.4 Å². The summed E-state index contributed by atoms with van der Waals surface area (Å²) in [5.41, 5.74) is 8.25. The average Bonchev–Trinajstić information content (AvgIpc) is 2.65. The van der Waals surface area contributed by atoms with E-state index in [2.05, 4.69) is 10.3 Å². The van der Waals surface area contributed by atoms with E-state index in [9.17, 15) is 5.11 Å². The number of hydrogen-bond donors (Lipinski definition) is 2. The maximum atomic E-state index is 9.69. The Morgan fingerprint density at radius 2 is 2.12 bits per heavy atom. The summed E-state index contributed by atoms with van der Waals surface area (Å²) in [5.74, 6) is 0.280. The molecule has 0 unspecified atom stereocenters. The number of aromatic nitrogens is 3. The molecule has 0 atom stereocenters. The zero-order valence-electron chi connectivity index (χ0n) is 9.80. The summed E-state index contributed by atoms with van der Waals surface area (Å²) in [6, 6.07) is 7.23. The average molecular weight is 232 g/mol. The minimum Gasteiger partial charge on any atom is -0.508 e. The Morgan fingerprint density at radius 1 is 1.35 bits per heavy atom. The predicted molar refractivity (Wildman–Crippen MR) is 64.7 cm³/mol. The third kappa shape index (κ3) is 2.45. The molecule has 0 aliphatic carbocycles. The number of nitrogens with zero attached hydrogens (tertiary/aromatic N) is 3. The van der Waals surface area contributed by atoms with Gasteiger partial charge in [0.15, 0.2) is 0 Å². The zero-order valence-corrected chi connectivity index (χ0v) is 9.80. The van der Waals surface area contributed by atoms with E-state index in [0.717, 1.165) is 23.4 Å². The molecule has 0 aliphatic rings. The molecule has 3 N–H and O–H groups in total. The van der Waals surface area contributed by atoms with Crippen molar-refractivity contribution < 1.29 is 5.11 Å². The second kappa shape index (κ2) is 4.97. The lowest BCUT2D eigenvalue weighted by atomic mass is 10.2. The van der Waals surface area contributed by atoms with Crippen LogP contribution >= 0.6 is 0 Å². The van der Waals surface area contributed by atoms with Gasteiger partial charge in [0.2, 0.25) is 0 Å². The summed E-state index contributed by atoms with van der Waals surface area (Å²) < 4.78 is 1.78. The van der Waals surface area contributed by atoms with E-state index in [1.807, 2.05) is 19.1 Å². The van der Waals surface area contributed by atoms with Crippen molar-refractivity contribution in [1.82, 2.24) is 15.0 Å². The molecule has 1 heterocycles. The van der Waals surface area contributed by atoms with Crippen molar-refractivity contribution in [3.05, 3.63) is 41.2 Å². The molecule has 0 saturated heterocycles. The van der Waals surface area contributed by atoms with Crippen LogP contribution in [0.3, 0.4) is 0 Å². The van der Waals surface area contributed by atoms with E-state index < -0.39 is 0 Å². The van der Waals surface area contributed by atoms with Crippen molar-refractivity contribution in [3.63, 3.8) is 0 Å². The van der Waals surface area contributed by atoms with Gasteiger partial charge in [0.1, 0.15) is 5.75 Å². The molecule has 0 amide bonds. The van der Waals surface area contributed by atoms with Crippen molar-refractivity contribution in [3.8, 4) is 5.75 Å². The Labute approximate surface area is 99.9 Å². The number of para-hydroxylation sites is 1. The number of phenolic OH excluding ortho intramolecular Hbond substituents is 1. The fraction of sp³-hybridized carbons (Fsp3) is 0.333. The highest BCUT2D eigenvalue weighted by Crippen LogP contribution is 2.17. The quantitative estimate of drug-likeness (QED) is 0.819. The third-order valence-electron chi connectivity index (χ3n) is 2.77. The first-order valence-electron chi connectivity index (χ1n) is 5.58. The highest BCUT2D eigenvalue weighted by atomic mass is 16.3. The Bertz CT molecular complexity index is 507. The Kier molecular flexibility index (Phi) is 3.39. The standard InChI is InChI=1S/C12H16N4O/c1-9-11(6-7-13)14-15-16(9)8-10-4-2-3-5-12(10)17/h2-5,17H,6-8,13H2,1H3. The van der Waals surface area contributed by atoms with Crippen LogP contribution in [0.25, 0.3) is 0 Å². The lowest BCUT2D eigenvalue weighted by molar-refractivity contribution is 0.462. The molecule has 0 bridgehead atoms. The molecule has 17 heavy (non-hydrogen) atoms. The number of benzene rings is 1. The third-order valence-corrected chi connectivity index (χ3v) is 2.77. The smallest absolute Gasteiger partial charge is 0.120 e. The number of aromatic hydroxyl groups is 1. The predicted octanol–water partition coefficient (Wildman–Crippen LogP) is 0.842. The van der Waals surface area contributed by atoms with Crippen LogP contribution < -0.4 is 5.73 Å². The van der Waals surface area contributed by atoms with Gasteiger partial charge >= 0.3 is 0 Å². The summed E-state index contributed by atoms with van der Waals surface area (Å²) >= 11 is 0. The molecule has 0 fully saturated rings. The number of phenols is 1. The van der Waals surface area contributed by atoms with Crippen molar-refractivity contribution >= 4 is 0 Å². The van der Waals surface area contributed by atoms with Crippen molar-refractivity contribution in [1.29, 1.82) is 0 Å². The molecule has 5 heteroatoms. The summed E-state index contributed by atoms with van der Waals surface area (Å²) in [4.78, 5) is 0. The Balaban J connectivity index is 2.22. The minimum absolute atomic E-state index is 0.280. The van der Waals surface area contributed by atoms with Gasteiger partial charge in [-0.2, -0.15) is 0 Å². The molecule has 1 aromatic carbocycles. The van der Waals surface area contributed by atoms with E-state index in [1.165, 1.54) is 0 Å². The summed E-state index contributed by atoms with van der Waals surface area (Å²) in [6.45, 7) is 3.05. The Hall–Kier alpha value is -1.88. The molecule has 0 spiro atoms. The molecule has 0 radical (unpaired) electrons. The monoisotopic (exact) mass is 232 g/mol. The molecule has 5 nitrogen and oxygen atoms in total. The molecule has 0 aliphatic heterocycles. The van der Waals surface area contributed by atoms with E-state index in [1.54, 1.807) is 16.8 Å². The topological polar surface area (TPSA) is 77.0 Å². The summed E-state index contributed by atoms with van der Waals surface area (Å²) in [5, 5.41) is 17.8. The first-order valence-corrected chi connectivity index (χ1v) is 5.58. The van der Waals surface area contributed by atoms with E-state index in [0.29, 0.717) is 13.1 Å². The molecule has 90 valence electrons. The SMILES string of the molecule is Cc1c(CCN)nnn1Cc1ccccc1O. The summed E-state index contributed by atoms with van der Waals surface area (Å²) in [6.07, 6.45) is 0.729. The van der Waals surface area contributed by atoms with Gasteiger partial charge < -0.3 is 10.8 Å². The lowest BCUT2D eigenvalue weighted by Crippen LogP contribution is -2.06. The lowest BCUT2D eigenvalue weighted by Gasteiger charge is -2.05. The largest absolute Gasteiger partial charge is 0.508 e. The maximum absolute atomic E-state index is 9.69. The molecule has 2 aromatic rings. The van der Waals surface area contributed by atoms with Crippen LogP contribution in [0.1, 0.15) is 17.0 Å². The van der Waals surface area contributed by atoms with E-state index >= 15 is 0 Å². The Morgan fingerprint density at radius 3 is 2.82 bits per heavy atom. The van der Waals surface area contributed by atoms with Crippen LogP contribution in [0.2, 0.25) is 0 Å². The summed E-state index contributed by atoms with van der Waals surface area (Å²) in [7, 11) is 0. The van der Waals surface area contributed by atoms with Crippen LogP contribution in [0, 0.1) is 6.92 Å². The van der Waals surface area contributed by atoms with Crippen molar-refractivity contribution in [2.24, 2.45) is 5.73 Å². The maximum Gasteiger partial charge on any atom is 0.120 e. The highest BCUT2D eigenvalue weighted by Gasteiger charge is 2.09. The molecule has 2 rings (SSSR count). The molecular formula is C12H16N4O. The second-order valence-electron chi connectivity index (χ2n) is 3.95. The molecule has 0 saturated carbocycles. The van der Waals surface area contributed by atoms with Crippen LogP contribution in [-0.2, 0) is 13.0 Å². The number of hydrogen-bond acceptors (Lipinski definition) is 4. The van der Waals surface area contributed by atoms with Gasteiger partial charge in [0.25, 0.3) is 0 Å². The first-order chi connectivity index (χ1) is 8.22. The normalized spacial score (nSPS) is 10.7. The van der Waals surface area contributed by atoms with Gasteiger partial charge in [-0.05, 0) is 19.5 Å². The van der Waals surface area contributed by atoms with E-state index in [4.69, 9.17) is 5.73 Å². The molecular weight excluding hydrogens is 216 g/mol. The van der Waals surface area contributed by atoms with Crippen molar-refractivity contribution in [2.45, 2.75) is 19.9 Å². The first kappa shape index (κ1) is 11.6. The second-order valence-corrected chi connectivity index (χ2v) is 3.95. The van der Waals surface area contributed by atoms with Gasteiger partial charge in [0, 0.05) is 12.0 Å². The van der Waals surface area contributed by atoms with Gasteiger partial charge in [-0.3, -0.25) is 0 Å². The fourth-order valence-corrected chi connectivity index (χ4v) is 1.72. The van der Waals surface area contributed by atoms with Crippen molar-refractivity contribution in [2.75, 3.05) is 6.54 Å². The minimum atomic E-state index is 0.280.